The number of aromatic nitrogens is 3. The van der Waals surface area contributed by atoms with Crippen molar-refractivity contribution in [3.05, 3.63) is 88.7 Å². The van der Waals surface area contributed by atoms with Crippen LogP contribution in [0.5, 0.6) is 5.75 Å². The molecule has 0 spiro atoms. The van der Waals surface area contributed by atoms with Crippen molar-refractivity contribution < 1.29 is 9.53 Å². The first kappa shape index (κ1) is 17.2. The SMILES string of the molecule is O=C(Nc1ccnc2ccnn12)c1ccccc1OCc1ccccc1Br. The molecule has 0 saturated heterocycles. The average molecular weight is 423 g/mol. The lowest BCUT2D eigenvalue weighted by Crippen LogP contribution is -2.16. The van der Waals surface area contributed by atoms with Crippen molar-refractivity contribution >= 4 is 33.3 Å². The minimum absolute atomic E-state index is 0.277. The molecule has 4 aromatic rings. The molecule has 0 fully saturated rings. The van der Waals surface area contributed by atoms with Crippen molar-refractivity contribution in [1.29, 1.82) is 0 Å². The number of nitrogens with one attached hydrogen (secondary N) is 1. The summed E-state index contributed by atoms with van der Waals surface area (Å²) >= 11 is 3.51. The van der Waals surface area contributed by atoms with Crippen molar-refractivity contribution in [1.82, 2.24) is 14.6 Å². The summed E-state index contributed by atoms with van der Waals surface area (Å²) in [7, 11) is 0. The van der Waals surface area contributed by atoms with E-state index in [1.54, 1.807) is 47.2 Å². The number of fused-ring (bicyclic) bond motifs is 1. The van der Waals surface area contributed by atoms with Crippen LogP contribution < -0.4 is 10.1 Å². The quantitative estimate of drug-likeness (QED) is 0.519. The van der Waals surface area contributed by atoms with Crippen molar-refractivity contribution in [2.45, 2.75) is 6.61 Å². The van der Waals surface area contributed by atoms with Crippen LogP contribution in [0.15, 0.2) is 77.5 Å². The largest absolute Gasteiger partial charge is 0.488 e. The van der Waals surface area contributed by atoms with E-state index in [9.17, 15) is 4.79 Å². The molecular weight excluding hydrogens is 408 g/mol. The highest BCUT2D eigenvalue weighted by Gasteiger charge is 2.14. The fraction of sp³-hybridized carbons (Fsp3) is 0.0500. The summed E-state index contributed by atoms with van der Waals surface area (Å²) < 4.78 is 8.44. The summed E-state index contributed by atoms with van der Waals surface area (Å²) in [6.07, 6.45) is 3.26. The van der Waals surface area contributed by atoms with E-state index in [0.717, 1.165) is 10.0 Å². The first-order valence-corrected chi connectivity index (χ1v) is 9.07. The minimum atomic E-state index is -0.277. The maximum atomic E-state index is 12.8. The van der Waals surface area contributed by atoms with Gasteiger partial charge in [-0.05, 0) is 24.3 Å². The van der Waals surface area contributed by atoms with Crippen LogP contribution in [0.3, 0.4) is 0 Å². The molecule has 7 heteroatoms. The molecule has 27 heavy (non-hydrogen) atoms. The molecule has 0 aliphatic heterocycles. The van der Waals surface area contributed by atoms with Gasteiger partial charge in [-0.25, -0.2) is 4.98 Å². The predicted octanol–water partition coefficient (Wildman–Crippen LogP) is 4.32. The fourth-order valence-corrected chi connectivity index (χ4v) is 3.06. The van der Waals surface area contributed by atoms with Crippen molar-refractivity contribution in [3.63, 3.8) is 0 Å². The third-order valence-corrected chi connectivity index (χ3v) is 4.78. The number of ether oxygens (including phenoxy) is 1. The summed E-state index contributed by atoms with van der Waals surface area (Å²) in [5, 5.41) is 7.05. The Bertz CT molecular complexity index is 1110. The van der Waals surface area contributed by atoms with E-state index in [1.807, 2.05) is 30.3 Å². The lowest BCUT2D eigenvalue weighted by Gasteiger charge is -2.13. The number of hydrogen-bond acceptors (Lipinski definition) is 4. The molecule has 0 saturated carbocycles. The van der Waals surface area contributed by atoms with E-state index in [2.05, 4.69) is 31.3 Å². The minimum Gasteiger partial charge on any atom is -0.488 e. The number of anilines is 1. The van der Waals surface area contributed by atoms with Gasteiger partial charge in [0.15, 0.2) is 5.65 Å². The van der Waals surface area contributed by atoms with E-state index in [0.29, 0.717) is 29.4 Å². The monoisotopic (exact) mass is 422 g/mol. The molecule has 0 atom stereocenters. The van der Waals surface area contributed by atoms with Crippen LogP contribution in [0.25, 0.3) is 5.65 Å². The molecule has 0 aliphatic carbocycles. The number of rotatable bonds is 5. The van der Waals surface area contributed by atoms with Crippen LogP contribution in [0.1, 0.15) is 15.9 Å². The summed E-state index contributed by atoms with van der Waals surface area (Å²) in [5.41, 5.74) is 2.10. The Hall–Kier alpha value is -3.19. The molecule has 0 bridgehead atoms. The molecule has 4 rings (SSSR count). The van der Waals surface area contributed by atoms with E-state index >= 15 is 0 Å². The van der Waals surface area contributed by atoms with E-state index in [4.69, 9.17) is 4.74 Å². The first-order chi connectivity index (χ1) is 13.2. The lowest BCUT2D eigenvalue weighted by atomic mass is 10.2. The zero-order valence-electron chi connectivity index (χ0n) is 14.2. The normalized spacial score (nSPS) is 10.7. The Morgan fingerprint density at radius 2 is 1.85 bits per heavy atom. The fourth-order valence-electron chi connectivity index (χ4n) is 2.66. The van der Waals surface area contributed by atoms with Crippen LogP contribution >= 0.6 is 15.9 Å². The van der Waals surface area contributed by atoms with Crippen molar-refractivity contribution in [3.8, 4) is 5.75 Å². The first-order valence-electron chi connectivity index (χ1n) is 8.28. The number of carbonyl (C=O) groups excluding carboxylic acids is 1. The molecular formula is C20H15BrN4O2. The van der Waals surface area contributed by atoms with Gasteiger partial charge >= 0.3 is 0 Å². The molecule has 0 radical (unpaired) electrons. The summed E-state index contributed by atoms with van der Waals surface area (Å²) in [5.74, 6) is 0.771. The van der Waals surface area contributed by atoms with Gasteiger partial charge in [0.2, 0.25) is 0 Å². The second kappa shape index (κ2) is 7.59. The number of nitrogens with zero attached hydrogens (tertiary/aromatic N) is 3. The van der Waals surface area contributed by atoms with E-state index in [1.165, 1.54) is 0 Å². The summed E-state index contributed by atoms with van der Waals surface area (Å²) in [6.45, 7) is 0.352. The molecule has 0 unspecified atom stereocenters. The highest BCUT2D eigenvalue weighted by Crippen LogP contribution is 2.23. The van der Waals surface area contributed by atoms with Gasteiger partial charge in [0.1, 0.15) is 18.2 Å². The van der Waals surface area contributed by atoms with Gasteiger partial charge in [-0.2, -0.15) is 9.61 Å². The summed E-state index contributed by atoms with van der Waals surface area (Å²) in [6, 6.07) is 18.4. The highest BCUT2D eigenvalue weighted by molar-refractivity contribution is 9.10. The predicted molar refractivity (Wildman–Crippen MR) is 106 cm³/mol. The molecule has 2 heterocycles. The van der Waals surface area contributed by atoms with Gasteiger partial charge in [0.25, 0.3) is 5.91 Å². The van der Waals surface area contributed by atoms with Crippen LogP contribution in [-0.2, 0) is 6.61 Å². The molecule has 1 N–H and O–H groups in total. The molecule has 2 aromatic carbocycles. The number of para-hydroxylation sites is 1. The Balaban J connectivity index is 1.56. The molecule has 134 valence electrons. The second-order valence-corrected chi connectivity index (χ2v) is 6.62. The smallest absolute Gasteiger partial charge is 0.260 e. The summed E-state index contributed by atoms with van der Waals surface area (Å²) in [4.78, 5) is 17.0. The van der Waals surface area contributed by atoms with Gasteiger partial charge in [-0.3, -0.25) is 4.79 Å². The number of carbonyl (C=O) groups is 1. The van der Waals surface area contributed by atoms with Crippen molar-refractivity contribution in [2.24, 2.45) is 0 Å². The van der Waals surface area contributed by atoms with E-state index in [-0.39, 0.29) is 5.91 Å². The van der Waals surface area contributed by atoms with Crippen molar-refractivity contribution in [2.75, 3.05) is 5.32 Å². The number of benzene rings is 2. The van der Waals surface area contributed by atoms with E-state index < -0.39 is 0 Å². The number of halogens is 1. The maximum Gasteiger partial charge on any atom is 0.260 e. The molecule has 1 amide bonds. The Morgan fingerprint density at radius 3 is 2.74 bits per heavy atom. The Kier molecular flexibility index (Phi) is 4.84. The standard InChI is InChI=1S/C20H15BrN4O2/c21-16-7-3-1-5-14(16)13-27-17-8-4-2-6-15(17)20(26)24-19-9-11-22-18-10-12-23-25(18)19/h1-12H,13H2,(H,24,26). The van der Waals surface area contributed by atoms with Gasteiger partial charge in [-0.15, -0.1) is 0 Å². The number of amides is 1. The highest BCUT2D eigenvalue weighted by atomic mass is 79.9. The van der Waals surface area contributed by atoms with Crippen LogP contribution in [0, 0.1) is 0 Å². The molecule has 6 nitrogen and oxygen atoms in total. The zero-order chi connectivity index (χ0) is 18.6. The van der Waals surface area contributed by atoms with Gasteiger partial charge in [0, 0.05) is 22.3 Å². The second-order valence-electron chi connectivity index (χ2n) is 5.76. The third kappa shape index (κ3) is 3.68. The van der Waals surface area contributed by atoms with Gasteiger partial charge < -0.3 is 10.1 Å². The van der Waals surface area contributed by atoms with Gasteiger partial charge in [0.05, 0.1) is 11.8 Å². The lowest BCUT2D eigenvalue weighted by molar-refractivity contribution is 0.102. The Labute approximate surface area is 163 Å². The zero-order valence-corrected chi connectivity index (χ0v) is 15.8. The number of hydrogen-bond donors (Lipinski definition) is 1. The van der Waals surface area contributed by atoms with Crippen LogP contribution in [0.2, 0.25) is 0 Å². The molecule has 2 aromatic heterocycles. The third-order valence-electron chi connectivity index (χ3n) is 4.00. The van der Waals surface area contributed by atoms with Gasteiger partial charge in [-0.1, -0.05) is 46.3 Å². The molecule has 0 aliphatic rings. The Morgan fingerprint density at radius 1 is 1.04 bits per heavy atom. The van der Waals surface area contributed by atoms with Crippen LogP contribution in [-0.4, -0.2) is 20.5 Å². The maximum absolute atomic E-state index is 12.8. The average Bonchev–Trinajstić information content (AvgIpc) is 3.17. The van der Waals surface area contributed by atoms with Crippen LogP contribution in [0.4, 0.5) is 5.82 Å². The topological polar surface area (TPSA) is 68.5 Å².